The van der Waals surface area contributed by atoms with Gasteiger partial charge in [-0.25, -0.2) is 13.8 Å². The number of nitrogens with two attached hydrogens (primary N) is 2. The molecule has 1 aliphatic heterocycles. The molecule has 0 saturated carbocycles. The Kier molecular flexibility index (Phi) is 7.61. The smallest absolute Gasteiger partial charge is 0.416 e. The van der Waals surface area contributed by atoms with Gasteiger partial charge in [0.05, 0.1) is 42.5 Å². The number of guanidine groups is 1. The molecule has 0 spiro atoms. The molecule has 2 unspecified atom stereocenters. The van der Waals surface area contributed by atoms with Crippen LogP contribution in [-0.4, -0.2) is 57.9 Å². The standard InChI is InChI=1S/C24H22F5N7O4/c25-13-2-10(1-12(5-13)24(27,28)29)15(6-19(37)38)20(22(31)40)36-18-4-11(21(30)39)3-17(16(18)9-34-36)35-23-32-7-14(26)8-33-23/h1-5,9,14-15,20H,6-8H2,(H2,30,39)(H2,31,40)(H,37,38)(H2,32,33,35)/t15-,20?/m0/s1. The number of halogens is 5. The molecule has 2 amide bonds. The van der Waals surface area contributed by atoms with E-state index in [1.165, 1.54) is 18.3 Å². The van der Waals surface area contributed by atoms with Gasteiger partial charge in [0, 0.05) is 16.9 Å². The number of aliphatic imine (C=N–C) groups is 1. The number of hydrogen-bond acceptors (Lipinski definition) is 7. The molecule has 40 heavy (non-hydrogen) atoms. The van der Waals surface area contributed by atoms with Crippen molar-refractivity contribution < 1.29 is 41.4 Å². The molecule has 7 N–H and O–H groups in total. The van der Waals surface area contributed by atoms with Crippen LogP contribution in [0.15, 0.2) is 41.5 Å². The summed E-state index contributed by atoms with van der Waals surface area (Å²) in [7, 11) is 0. The Bertz CT molecular complexity index is 1520. The van der Waals surface area contributed by atoms with Gasteiger partial charge in [-0.3, -0.25) is 19.1 Å². The van der Waals surface area contributed by atoms with Crippen molar-refractivity contribution in [2.45, 2.75) is 30.7 Å². The summed E-state index contributed by atoms with van der Waals surface area (Å²) in [6.07, 6.45) is -5.89. The topological polar surface area (TPSA) is 178 Å². The van der Waals surface area contributed by atoms with Gasteiger partial charge in [-0.15, -0.1) is 0 Å². The number of nitrogens with zero attached hydrogens (tertiary/aromatic N) is 3. The number of carbonyl (C=O) groups excluding carboxylic acids is 2. The fraction of sp³-hybridized carbons (Fsp3) is 0.292. The monoisotopic (exact) mass is 567 g/mol. The van der Waals surface area contributed by atoms with Crippen LogP contribution in [-0.2, 0) is 15.8 Å². The number of carboxylic acid groups (broad SMARTS) is 1. The molecular formula is C24H22F5N7O4. The maximum Gasteiger partial charge on any atom is 0.416 e. The number of carbonyl (C=O) groups is 3. The average Bonchev–Trinajstić information content (AvgIpc) is 3.27. The molecule has 0 bridgehead atoms. The molecule has 16 heteroatoms. The zero-order valence-corrected chi connectivity index (χ0v) is 20.4. The fourth-order valence-electron chi connectivity index (χ4n) is 4.42. The molecule has 3 aromatic rings. The highest BCUT2D eigenvalue weighted by Gasteiger charge is 2.37. The third kappa shape index (κ3) is 5.94. The summed E-state index contributed by atoms with van der Waals surface area (Å²) < 4.78 is 68.9. The van der Waals surface area contributed by atoms with Crippen LogP contribution < -0.4 is 22.1 Å². The van der Waals surface area contributed by atoms with Gasteiger partial charge in [0.1, 0.15) is 18.0 Å². The predicted octanol–water partition coefficient (Wildman–Crippen LogP) is 2.29. The lowest BCUT2D eigenvalue weighted by Crippen LogP contribution is -2.41. The van der Waals surface area contributed by atoms with Crippen LogP contribution >= 0.6 is 0 Å². The lowest BCUT2D eigenvalue weighted by atomic mass is 9.86. The van der Waals surface area contributed by atoms with Gasteiger partial charge < -0.3 is 27.2 Å². The lowest BCUT2D eigenvalue weighted by molar-refractivity contribution is -0.138. The maximum atomic E-state index is 14.3. The molecule has 212 valence electrons. The third-order valence-electron chi connectivity index (χ3n) is 6.20. The number of hydrogen-bond donors (Lipinski definition) is 5. The van der Waals surface area contributed by atoms with Crippen molar-refractivity contribution in [2.75, 3.05) is 18.4 Å². The number of amides is 2. The van der Waals surface area contributed by atoms with Crippen molar-refractivity contribution in [3.63, 3.8) is 0 Å². The number of nitrogens with one attached hydrogen (secondary N) is 2. The minimum absolute atomic E-state index is 0.0187. The molecule has 1 aliphatic rings. The third-order valence-corrected chi connectivity index (χ3v) is 6.20. The second-order valence-corrected chi connectivity index (χ2v) is 9.03. The van der Waals surface area contributed by atoms with E-state index in [1.807, 2.05) is 0 Å². The van der Waals surface area contributed by atoms with Crippen LogP contribution in [0.4, 0.5) is 27.6 Å². The number of rotatable bonds is 8. The van der Waals surface area contributed by atoms with E-state index in [9.17, 15) is 41.4 Å². The van der Waals surface area contributed by atoms with Gasteiger partial charge in [0.15, 0.2) is 5.96 Å². The van der Waals surface area contributed by atoms with Gasteiger partial charge in [-0.2, -0.15) is 18.3 Å². The van der Waals surface area contributed by atoms with Crippen molar-refractivity contribution in [3.8, 4) is 0 Å². The highest BCUT2D eigenvalue weighted by molar-refractivity contribution is 6.07. The molecule has 0 fully saturated rings. The Labute approximate surface area is 222 Å². The predicted molar refractivity (Wildman–Crippen MR) is 132 cm³/mol. The number of fused-ring (bicyclic) bond motifs is 1. The summed E-state index contributed by atoms with van der Waals surface area (Å²) in [6, 6.07) is 2.25. The number of carboxylic acids is 1. The van der Waals surface area contributed by atoms with E-state index >= 15 is 0 Å². The maximum absolute atomic E-state index is 14.3. The average molecular weight is 567 g/mol. The summed E-state index contributed by atoms with van der Waals surface area (Å²) >= 11 is 0. The number of benzene rings is 2. The number of aromatic nitrogens is 2. The minimum Gasteiger partial charge on any atom is -0.481 e. The van der Waals surface area contributed by atoms with Crippen LogP contribution in [0.3, 0.4) is 0 Å². The second-order valence-electron chi connectivity index (χ2n) is 9.03. The highest BCUT2D eigenvalue weighted by Crippen LogP contribution is 2.39. The summed E-state index contributed by atoms with van der Waals surface area (Å²) in [5.74, 6) is -6.39. The van der Waals surface area contributed by atoms with Gasteiger partial charge in [-0.1, -0.05) is 0 Å². The van der Waals surface area contributed by atoms with Crippen molar-refractivity contribution in [1.82, 2.24) is 15.1 Å². The Balaban J connectivity index is 1.89. The van der Waals surface area contributed by atoms with E-state index in [0.29, 0.717) is 12.1 Å². The minimum atomic E-state index is -4.97. The Morgan fingerprint density at radius 3 is 2.48 bits per heavy atom. The van der Waals surface area contributed by atoms with Crippen LogP contribution in [0.5, 0.6) is 0 Å². The zero-order valence-electron chi connectivity index (χ0n) is 20.4. The quantitative estimate of drug-likeness (QED) is 0.259. The molecule has 0 aliphatic carbocycles. The first-order valence-electron chi connectivity index (χ1n) is 11.6. The first-order chi connectivity index (χ1) is 18.7. The van der Waals surface area contributed by atoms with E-state index in [-0.39, 0.29) is 47.3 Å². The largest absolute Gasteiger partial charge is 0.481 e. The van der Waals surface area contributed by atoms with E-state index in [4.69, 9.17) is 11.5 Å². The zero-order chi connectivity index (χ0) is 29.4. The first-order valence-corrected chi connectivity index (χ1v) is 11.6. The highest BCUT2D eigenvalue weighted by atomic mass is 19.4. The molecule has 1 aromatic heterocycles. The number of anilines is 1. The van der Waals surface area contributed by atoms with E-state index in [2.05, 4.69) is 20.7 Å². The van der Waals surface area contributed by atoms with Gasteiger partial charge >= 0.3 is 12.1 Å². The molecule has 4 rings (SSSR count). The molecule has 2 heterocycles. The normalized spacial score (nSPS) is 17.0. The Morgan fingerprint density at radius 1 is 1.18 bits per heavy atom. The lowest BCUT2D eigenvalue weighted by Gasteiger charge is -2.26. The van der Waals surface area contributed by atoms with Crippen molar-refractivity contribution in [2.24, 2.45) is 16.5 Å². The summed E-state index contributed by atoms with van der Waals surface area (Å²) in [6.45, 7) is -0.181. The molecule has 11 nitrogen and oxygen atoms in total. The van der Waals surface area contributed by atoms with Crippen molar-refractivity contribution in [3.05, 3.63) is 59.0 Å². The van der Waals surface area contributed by atoms with E-state index in [1.54, 1.807) is 0 Å². The number of primary amides is 2. The van der Waals surface area contributed by atoms with Gasteiger partial charge in [0.2, 0.25) is 11.8 Å². The molecular weight excluding hydrogens is 545 g/mol. The van der Waals surface area contributed by atoms with Gasteiger partial charge in [-0.05, 0) is 35.9 Å². The van der Waals surface area contributed by atoms with Crippen molar-refractivity contribution >= 4 is 40.3 Å². The summed E-state index contributed by atoms with van der Waals surface area (Å²) in [4.78, 5) is 40.6. The van der Waals surface area contributed by atoms with Crippen molar-refractivity contribution in [1.29, 1.82) is 0 Å². The van der Waals surface area contributed by atoms with Gasteiger partial charge in [0.25, 0.3) is 0 Å². The molecule has 0 radical (unpaired) electrons. The van der Waals surface area contributed by atoms with Crippen LogP contribution in [0.2, 0.25) is 0 Å². The Hall–Kier alpha value is -4.76. The van der Waals surface area contributed by atoms with E-state index in [0.717, 1.165) is 4.68 Å². The molecule has 2 aromatic carbocycles. The number of alkyl halides is 4. The first kappa shape index (κ1) is 28.3. The summed E-state index contributed by atoms with van der Waals surface area (Å²) in [5.41, 5.74) is 9.32. The fourth-order valence-corrected chi connectivity index (χ4v) is 4.42. The van der Waals surface area contributed by atoms with Crippen LogP contribution in [0.1, 0.15) is 39.9 Å². The van der Waals surface area contributed by atoms with Crippen LogP contribution in [0, 0.1) is 5.82 Å². The van der Waals surface area contributed by atoms with E-state index < -0.39 is 65.5 Å². The van der Waals surface area contributed by atoms with Crippen LogP contribution in [0.25, 0.3) is 10.9 Å². The number of aliphatic carboxylic acids is 1. The second kappa shape index (κ2) is 10.8. The Morgan fingerprint density at radius 2 is 1.90 bits per heavy atom. The molecule has 0 saturated heterocycles. The SMILES string of the molecule is NC(=O)c1cc(NC2=NCC(F)CN2)c2cnn(C(C(N)=O)[C@@H](CC(=O)O)c3cc(F)cc(C(F)(F)F)c3)c2c1. The summed E-state index contributed by atoms with van der Waals surface area (Å²) in [5, 5.41) is 19.5. The molecule has 3 atom stereocenters.